The van der Waals surface area contributed by atoms with Crippen molar-refractivity contribution in [2.24, 2.45) is 11.7 Å². The van der Waals surface area contributed by atoms with Crippen LogP contribution in [-0.4, -0.2) is 26.5 Å². The number of nitrogens with two attached hydrogens (primary N) is 1. The Balaban J connectivity index is 1.33. The van der Waals surface area contributed by atoms with Crippen molar-refractivity contribution in [2.75, 3.05) is 0 Å². The van der Waals surface area contributed by atoms with Crippen LogP contribution in [0.15, 0.2) is 72.8 Å². The standard InChI is InChI=1S/C30H31FN4O3/c31-22-15-13-21(14-16-22)28(29(32)37)34-30(38)24-6-2-1-5-23(24)20-11-9-19(10-12-20)17-35-26-8-4-3-7-25(26)33-27(35)18-36/h3-4,7-16,23-24,28,36H,1-2,5-6,17-18H2,(H2,32,37)(H,34,38). The third-order valence-electron chi connectivity index (χ3n) is 7.50. The number of benzene rings is 3. The predicted octanol–water partition coefficient (Wildman–Crippen LogP) is 4.33. The van der Waals surface area contributed by atoms with Crippen molar-refractivity contribution in [1.29, 1.82) is 0 Å². The lowest BCUT2D eigenvalue weighted by molar-refractivity contribution is -0.131. The molecule has 4 N–H and O–H groups in total. The largest absolute Gasteiger partial charge is 0.388 e. The first-order chi connectivity index (χ1) is 18.4. The van der Waals surface area contributed by atoms with Crippen LogP contribution in [0, 0.1) is 11.7 Å². The highest BCUT2D eigenvalue weighted by Crippen LogP contribution is 2.38. The van der Waals surface area contributed by atoms with Crippen LogP contribution in [0.2, 0.25) is 0 Å². The molecule has 5 rings (SSSR count). The summed E-state index contributed by atoms with van der Waals surface area (Å²) in [7, 11) is 0. The Morgan fingerprint density at radius 3 is 2.45 bits per heavy atom. The molecular weight excluding hydrogens is 483 g/mol. The fraction of sp³-hybridized carbons (Fsp3) is 0.300. The summed E-state index contributed by atoms with van der Waals surface area (Å²) in [6.07, 6.45) is 3.54. The maximum Gasteiger partial charge on any atom is 0.244 e. The van der Waals surface area contributed by atoms with Crippen molar-refractivity contribution in [2.45, 2.75) is 50.8 Å². The zero-order valence-corrected chi connectivity index (χ0v) is 21.0. The van der Waals surface area contributed by atoms with E-state index in [1.807, 2.05) is 28.8 Å². The first-order valence-corrected chi connectivity index (χ1v) is 12.9. The first-order valence-electron chi connectivity index (χ1n) is 12.9. The molecule has 1 saturated carbocycles. The molecule has 8 heteroatoms. The van der Waals surface area contributed by atoms with Gasteiger partial charge in [-0.1, -0.05) is 61.4 Å². The Kier molecular flexibility index (Phi) is 7.51. The van der Waals surface area contributed by atoms with Crippen molar-refractivity contribution in [3.8, 4) is 0 Å². The van der Waals surface area contributed by atoms with Crippen molar-refractivity contribution < 1.29 is 19.1 Å². The van der Waals surface area contributed by atoms with Gasteiger partial charge in [-0.2, -0.15) is 0 Å². The topological polar surface area (TPSA) is 110 Å². The van der Waals surface area contributed by atoms with Crippen molar-refractivity contribution in [1.82, 2.24) is 14.9 Å². The number of nitrogens with zero attached hydrogens (tertiary/aromatic N) is 2. The lowest BCUT2D eigenvalue weighted by Gasteiger charge is -2.32. The van der Waals surface area contributed by atoms with Gasteiger partial charge in [0.05, 0.1) is 11.0 Å². The number of aliphatic hydroxyl groups excluding tert-OH is 1. The molecule has 3 atom stereocenters. The Hall–Kier alpha value is -4.04. The van der Waals surface area contributed by atoms with Crippen LogP contribution >= 0.6 is 0 Å². The summed E-state index contributed by atoms with van der Waals surface area (Å²) in [6, 6.07) is 20.5. The summed E-state index contributed by atoms with van der Waals surface area (Å²) < 4.78 is 15.4. The minimum Gasteiger partial charge on any atom is -0.388 e. The smallest absolute Gasteiger partial charge is 0.244 e. The fourth-order valence-corrected chi connectivity index (χ4v) is 5.54. The second kappa shape index (κ2) is 11.1. The monoisotopic (exact) mass is 514 g/mol. The molecule has 4 aromatic rings. The van der Waals surface area contributed by atoms with Crippen LogP contribution in [0.5, 0.6) is 0 Å². The minimum atomic E-state index is -1.02. The summed E-state index contributed by atoms with van der Waals surface area (Å²) in [6.45, 7) is 0.430. The van der Waals surface area contributed by atoms with E-state index in [1.54, 1.807) is 0 Å². The second-order valence-corrected chi connectivity index (χ2v) is 9.90. The molecule has 3 unspecified atom stereocenters. The summed E-state index contributed by atoms with van der Waals surface area (Å²) in [5, 5.41) is 12.6. The number of hydrogen-bond donors (Lipinski definition) is 3. The second-order valence-electron chi connectivity index (χ2n) is 9.90. The number of amides is 2. The number of carbonyl (C=O) groups excluding carboxylic acids is 2. The van der Waals surface area contributed by atoms with E-state index >= 15 is 0 Å². The number of carbonyl (C=O) groups is 2. The van der Waals surface area contributed by atoms with Crippen molar-refractivity contribution >= 4 is 22.8 Å². The molecule has 1 fully saturated rings. The number of nitrogens with one attached hydrogen (secondary N) is 1. The average molecular weight is 515 g/mol. The predicted molar refractivity (Wildman–Crippen MR) is 142 cm³/mol. The number of imidazole rings is 1. The van der Waals surface area contributed by atoms with Crippen LogP contribution in [0.1, 0.15) is 60.2 Å². The normalized spacial score (nSPS) is 18.3. The number of halogens is 1. The molecule has 196 valence electrons. The van der Waals surface area contributed by atoms with Gasteiger partial charge in [0, 0.05) is 12.5 Å². The number of rotatable bonds is 8. The van der Waals surface area contributed by atoms with Crippen LogP contribution in [-0.2, 0) is 22.7 Å². The Morgan fingerprint density at radius 1 is 1.03 bits per heavy atom. The molecule has 0 spiro atoms. The lowest BCUT2D eigenvalue weighted by Crippen LogP contribution is -2.42. The molecule has 0 saturated heterocycles. The van der Waals surface area contributed by atoms with Crippen LogP contribution in [0.25, 0.3) is 11.0 Å². The zero-order valence-electron chi connectivity index (χ0n) is 21.0. The van der Waals surface area contributed by atoms with E-state index in [0.717, 1.165) is 41.4 Å². The molecule has 0 bridgehead atoms. The third-order valence-corrected chi connectivity index (χ3v) is 7.50. The molecular formula is C30H31FN4O3. The minimum absolute atomic E-state index is 0.0154. The van der Waals surface area contributed by atoms with E-state index in [1.165, 1.54) is 24.3 Å². The highest BCUT2D eigenvalue weighted by atomic mass is 19.1. The first kappa shape index (κ1) is 25.6. The molecule has 1 aliphatic rings. The summed E-state index contributed by atoms with van der Waals surface area (Å²) in [5.74, 6) is -0.991. The SMILES string of the molecule is NC(=O)C(NC(=O)C1CCCCC1c1ccc(Cn2c(CO)nc3ccccc32)cc1)c1ccc(F)cc1. The maximum atomic E-state index is 13.4. The number of fused-ring (bicyclic) bond motifs is 1. The molecule has 1 heterocycles. The van der Waals surface area contributed by atoms with E-state index < -0.39 is 17.8 Å². The number of aromatic nitrogens is 2. The highest BCUT2D eigenvalue weighted by molar-refractivity contribution is 5.89. The maximum absolute atomic E-state index is 13.4. The van der Waals surface area contributed by atoms with Gasteiger partial charge in [0.25, 0.3) is 0 Å². The number of para-hydroxylation sites is 2. The Labute approximate surface area is 220 Å². The Bertz CT molecular complexity index is 1430. The molecule has 7 nitrogen and oxygen atoms in total. The lowest BCUT2D eigenvalue weighted by atomic mass is 9.74. The van der Waals surface area contributed by atoms with Gasteiger partial charge in [0.15, 0.2) is 0 Å². The van der Waals surface area contributed by atoms with Gasteiger partial charge in [-0.15, -0.1) is 0 Å². The van der Waals surface area contributed by atoms with E-state index in [9.17, 15) is 19.1 Å². The van der Waals surface area contributed by atoms with Crippen LogP contribution in [0.4, 0.5) is 4.39 Å². The van der Waals surface area contributed by atoms with Crippen molar-refractivity contribution in [3.63, 3.8) is 0 Å². The quantitative estimate of drug-likeness (QED) is 0.325. The van der Waals surface area contributed by atoms with Crippen LogP contribution < -0.4 is 11.1 Å². The molecule has 3 aromatic carbocycles. The van der Waals surface area contributed by atoms with E-state index in [-0.39, 0.29) is 24.3 Å². The van der Waals surface area contributed by atoms with Gasteiger partial charge in [0.1, 0.15) is 24.3 Å². The summed E-state index contributed by atoms with van der Waals surface area (Å²) >= 11 is 0. The highest BCUT2D eigenvalue weighted by Gasteiger charge is 2.34. The summed E-state index contributed by atoms with van der Waals surface area (Å²) in [4.78, 5) is 30.1. The van der Waals surface area contributed by atoms with Gasteiger partial charge >= 0.3 is 0 Å². The summed E-state index contributed by atoms with van der Waals surface area (Å²) in [5.41, 5.74) is 10.00. The average Bonchev–Trinajstić information content (AvgIpc) is 3.30. The van der Waals surface area contributed by atoms with Gasteiger partial charge in [-0.05, 0) is 59.7 Å². The van der Waals surface area contributed by atoms with Crippen molar-refractivity contribution in [3.05, 3.63) is 101 Å². The van der Waals surface area contributed by atoms with Gasteiger partial charge < -0.3 is 20.7 Å². The van der Waals surface area contributed by atoms with E-state index in [4.69, 9.17) is 5.73 Å². The molecule has 1 aliphatic carbocycles. The number of primary amides is 1. The number of hydrogen-bond acceptors (Lipinski definition) is 4. The van der Waals surface area contributed by atoms with Gasteiger partial charge in [0.2, 0.25) is 11.8 Å². The third kappa shape index (κ3) is 5.31. The molecule has 0 radical (unpaired) electrons. The molecule has 38 heavy (non-hydrogen) atoms. The van der Waals surface area contributed by atoms with E-state index in [2.05, 4.69) is 34.6 Å². The van der Waals surface area contributed by atoms with Crippen LogP contribution in [0.3, 0.4) is 0 Å². The van der Waals surface area contributed by atoms with Gasteiger partial charge in [-0.3, -0.25) is 9.59 Å². The Morgan fingerprint density at radius 2 is 1.74 bits per heavy atom. The van der Waals surface area contributed by atoms with E-state index in [0.29, 0.717) is 24.4 Å². The van der Waals surface area contributed by atoms with Gasteiger partial charge in [-0.25, -0.2) is 9.37 Å². The number of aliphatic hydroxyl groups is 1. The zero-order chi connectivity index (χ0) is 26.6. The molecule has 0 aliphatic heterocycles. The fourth-order valence-electron chi connectivity index (χ4n) is 5.54. The molecule has 1 aromatic heterocycles. The molecule has 2 amide bonds.